The average Bonchev–Trinajstić information content (AvgIpc) is 3.32. The number of amides is 2. The van der Waals surface area contributed by atoms with Gasteiger partial charge in [0.25, 0.3) is 5.91 Å². The molecule has 2 amide bonds. The molecule has 10 nitrogen and oxygen atoms in total. The Kier molecular flexibility index (Phi) is 35.3. The van der Waals surface area contributed by atoms with E-state index in [-0.39, 0.29) is 37.3 Å². The molecule has 0 fully saturated rings. The molecule has 0 saturated carbocycles. The molecule has 0 saturated heterocycles. The van der Waals surface area contributed by atoms with Crippen LogP contribution in [0, 0.1) is 0 Å². The van der Waals surface area contributed by atoms with E-state index in [4.69, 9.17) is 14.2 Å². The third-order valence-electron chi connectivity index (χ3n) is 12.2. The number of rotatable bonds is 42. The van der Waals surface area contributed by atoms with Crippen molar-refractivity contribution in [2.45, 2.75) is 245 Å². The number of anilines is 1. The lowest BCUT2D eigenvalue weighted by atomic mass is 10.0. The summed E-state index contributed by atoms with van der Waals surface area (Å²) in [5, 5.41) is 5.71. The third kappa shape index (κ3) is 34.2. The molecule has 0 spiro atoms. The normalized spacial score (nSPS) is 12.2. The zero-order chi connectivity index (χ0) is 50.2. The first-order valence-corrected chi connectivity index (χ1v) is 28.5. The Morgan fingerprint density at radius 3 is 1.51 bits per heavy atom. The molecule has 2 atom stereocenters. The van der Waals surface area contributed by atoms with Crippen LogP contribution >= 0.6 is 11.8 Å². The Balaban J connectivity index is 1.79. The van der Waals surface area contributed by atoms with Gasteiger partial charge in [0, 0.05) is 48.4 Å². The number of carbonyl (C=O) groups is 5. The summed E-state index contributed by atoms with van der Waals surface area (Å²) in [7, 11) is 0. The fourth-order valence-corrected chi connectivity index (χ4v) is 9.08. The molecule has 390 valence electrons. The topological polar surface area (TPSA) is 137 Å². The van der Waals surface area contributed by atoms with E-state index >= 15 is 0 Å². The van der Waals surface area contributed by atoms with Crippen LogP contribution in [0.4, 0.5) is 5.69 Å². The molecule has 0 aliphatic rings. The van der Waals surface area contributed by atoms with E-state index in [0.717, 1.165) is 44.1 Å². The minimum atomic E-state index is -0.885. The zero-order valence-corrected chi connectivity index (χ0v) is 44.7. The van der Waals surface area contributed by atoms with Crippen molar-refractivity contribution in [3.05, 3.63) is 65.7 Å². The summed E-state index contributed by atoms with van der Waals surface area (Å²) in [4.78, 5) is 64.9. The molecule has 0 aliphatic heterocycles. The monoisotopic (exact) mass is 979 g/mol. The number of thioether (sulfide) groups is 1. The van der Waals surface area contributed by atoms with Crippen molar-refractivity contribution in [3.8, 4) is 0 Å². The van der Waals surface area contributed by atoms with E-state index in [1.807, 2.05) is 30.3 Å². The lowest BCUT2D eigenvalue weighted by molar-refractivity contribution is -0.157. The molecule has 2 N–H and O–H groups in total. The summed E-state index contributed by atoms with van der Waals surface area (Å²) in [5.41, 5.74) is 1.05. The lowest BCUT2D eigenvalue weighted by Gasteiger charge is -2.24. The molecule has 2 aromatic rings. The first-order chi connectivity index (χ1) is 33.4. The summed E-state index contributed by atoms with van der Waals surface area (Å²) in [5.74, 6) is -0.811. The summed E-state index contributed by atoms with van der Waals surface area (Å²) in [6.07, 6.45) is 32.7. The molecule has 2 aromatic carbocycles. The number of benzene rings is 2. The Morgan fingerprint density at radius 2 is 1.03 bits per heavy atom. The van der Waals surface area contributed by atoms with Gasteiger partial charge in [0.2, 0.25) is 5.91 Å². The van der Waals surface area contributed by atoms with Gasteiger partial charge in [-0.3, -0.25) is 19.2 Å². The van der Waals surface area contributed by atoms with Crippen molar-refractivity contribution in [2.24, 2.45) is 0 Å². The van der Waals surface area contributed by atoms with Crippen molar-refractivity contribution in [3.63, 3.8) is 0 Å². The Bertz CT molecular complexity index is 1650. The van der Waals surface area contributed by atoms with Crippen molar-refractivity contribution < 1.29 is 38.2 Å². The van der Waals surface area contributed by atoms with Gasteiger partial charge in [-0.25, -0.2) is 4.79 Å². The van der Waals surface area contributed by atoms with Gasteiger partial charge < -0.3 is 24.8 Å². The predicted molar refractivity (Wildman–Crippen MR) is 286 cm³/mol. The van der Waals surface area contributed by atoms with Gasteiger partial charge in [0.05, 0.1) is 0 Å². The molecule has 69 heavy (non-hydrogen) atoms. The van der Waals surface area contributed by atoms with Gasteiger partial charge in [-0.15, -0.1) is 0 Å². The molecule has 0 bridgehead atoms. The molecule has 0 aromatic heterocycles. The Hall–Kier alpha value is -3.86. The third-order valence-corrected chi connectivity index (χ3v) is 13.3. The highest BCUT2D eigenvalue weighted by Crippen LogP contribution is 2.18. The predicted octanol–water partition coefficient (Wildman–Crippen LogP) is 14.8. The van der Waals surface area contributed by atoms with Crippen molar-refractivity contribution in [1.29, 1.82) is 0 Å². The van der Waals surface area contributed by atoms with E-state index < -0.39 is 29.6 Å². The molecular weight excluding hydrogens is 885 g/mol. The Labute approximate surface area is 423 Å². The highest BCUT2D eigenvalue weighted by molar-refractivity contribution is 7.99. The maximum Gasteiger partial charge on any atom is 0.329 e. The highest BCUT2D eigenvalue weighted by atomic mass is 32.2. The quantitative estimate of drug-likeness (QED) is 0.0378. The summed E-state index contributed by atoms with van der Waals surface area (Å²) >= 11 is 1.48. The molecular formula is C58H94N2O8S. The second kappa shape index (κ2) is 39.8. The zero-order valence-electron chi connectivity index (χ0n) is 43.9. The van der Waals surface area contributed by atoms with Crippen molar-refractivity contribution >= 4 is 47.2 Å². The second-order valence-corrected chi connectivity index (χ2v) is 21.1. The van der Waals surface area contributed by atoms with E-state index in [9.17, 15) is 24.0 Å². The standard InChI is InChI=1S/C58H94N2O8S/c1-6-8-10-12-14-16-18-20-22-24-26-28-33-37-54(62)66-46-51(67-55(63)38-34-29-27-25-23-21-19-17-15-13-11-9-7-2)47-69-44-43-53(61)59-50-41-39-49(40-42-50)56(64)60-52(57(65)68-58(3,4)5)45-48-35-31-30-32-36-48/h30-32,35-36,39-42,51-52H,6-29,33-34,37-38,43-47H2,1-5H3,(H,59,61)(H,60,64)/t51?,52-/m0/s1. The summed E-state index contributed by atoms with van der Waals surface area (Å²) < 4.78 is 17.1. The van der Waals surface area contributed by atoms with E-state index in [2.05, 4.69) is 24.5 Å². The van der Waals surface area contributed by atoms with Gasteiger partial charge >= 0.3 is 17.9 Å². The SMILES string of the molecule is CCCCCCCCCCCCCCCC(=O)OCC(CSCCC(=O)Nc1ccc(C(=O)N[C@@H](Cc2ccccc2)C(=O)OC(C)(C)C)cc1)OC(=O)CCCCCCCCCCCCCCC. The smallest absolute Gasteiger partial charge is 0.329 e. The largest absolute Gasteiger partial charge is 0.462 e. The minimum Gasteiger partial charge on any atom is -0.462 e. The first kappa shape index (κ1) is 61.3. The number of hydrogen-bond donors (Lipinski definition) is 2. The number of unbranched alkanes of at least 4 members (excludes halogenated alkanes) is 24. The maximum atomic E-state index is 13.3. The Morgan fingerprint density at radius 1 is 0.565 bits per heavy atom. The van der Waals surface area contributed by atoms with Gasteiger partial charge in [0.1, 0.15) is 24.4 Å². The van der Waals surface area contributed by atoms with Crippen molar-refractivity contribution in [2.75, 3.05) is 23.4 Å². The van der Waals surface area contributed by atoms with E-state index in [1.54, 1.807) is 45.0 Å². The van der Waals surface area contributed by atoms with Gasteiger partial charge in [-0.05, 0) is 63.4 Å². The minimum absolute atomic E-state index is 0.00548. The van der Waals surface area contributed by atoms with Crippen LogP contribution in [0.25, 0.3) is 0 Å². The second-order valence-electron chi connectivity index (χ2n) is 20.0. The van der Waals surface area contributed by atoms with Crippen LogP contribution in [0.15, 0.2) is 54.6 Å². The molecule has 0 radical (unpaired) electrons. The number of ether oxygens (including phenoxy) is 3. The highest BCUT2D eigenvalue weighted by Gasteiger charge is 2.27. The van der Waals surface area contributed by atoms with Gasteiger partial charge in [0.15, 0.2) is 0 Å². The average molecular weight is 979 g/mol. The molecule has 1 unspecified atom stereocenters. The van der Waals surface area contributed by atoms with Gasteiger partial charge in [-0.2, -0.15) is 11.8 Å². The van der Waals surface area contributed by atoms with Crippen LogP contribution in [0.5, 0.6) is 0 Å². The fraction of sp³-hybridized carbons (Fsp3) is 0.707. The van der Waals surface area contributed by atoms with E-state index in [1.165, 1.54) is 140 Å². The number of nitrogens with one attached hydrogen (secondary N) is 2. The van der Waals surface area contributed by atoms with Crippen LogP contribution in [0.3, 0.4) is 0 Å². The summed E-state index contributed by atoms with van der Waals surface area (Å²) in [6.45, 7) is 9.88. The lowest BCUT2D eigenvalue weighted by Crippen LogP contribution is -2.45. The molecule has 11 heteroatoms. The number of carbonyl (C=O) groups excluding carboxylic acids is 5. The number of hydrogen-bond acceptors (Lipinski definition) is 9. The van der Waals surface area contributed by atoms with Crippen LogP contribution in [-0.4, -0.2) is 65.6 Å². The van der Waals surface area contributed by atoms with Crippen LogP contribution < -0.4 is 10.6 Å². The van der Waals surface area contributed by atoms with Crippen LogP contribution in [0.1, 0.15) is 237 Å². The summed E-state index contributed by atoms with van der Waals surface area (Å²) in [6, 6.07) is 15.1. The van der Waals surface area contributed by atoms with Crippen molar-refractivity contribution in [1.82, 2.24) is 5.32 Å². The van der Waals surface area contributed by atoms with E-state index in [0.29, 0.717) is 35.6 Å². The maximum absolute atomic E-state index is 13.3. The van der Waals surface area contributed by atoms with Crippen LogP contribution in [0.2, 0.25) is 0 Å². The fourth-order valence-electron chi connectivity index (χ4n) is 8.16. The molecule has 2 rings (SSSR count). The van der Waals surface area contributed by atoms with Crippen LogP contribution in [-0.2, 0) is 39.8 Å². The first-order valence-electron chi connectivity index (χ1n) is 27.3. The molecule has 0 heterocycles. The van der Waals surface area contributed by atoms with Gasteiger partial charge in [-0.1, -0.05) is 198 Å². The number of esters is 3. The molecule has 0 aliphatic carbocycles.